The summed E-state index contributed by atoms with van der Waals surface area (Å²) < 4.78 is 6.93. The Bertz CT molecular complexity index is 1040. The molecule has 122 valence electrons. The first-order valence-electron chi connectivity index (χ1n) is 7.91. The van der Waals surface area contributed by atoms with Crippen LogP contribution in [-0.2, 0) is 0 Å². The molecule has 0 fully saturated rings. The fourth-order valence-electron chi connectivity index (χ4n) is 2.67. The molecule has 0 N–H and O–H groups in total. The van der Waals surface area contributed by atoms with Gasteiger partial charge in [-0.2, -0.15) is 9.78 Å². The first-order valence-corrected chi connectivity index (χ1v) is 7.91. The largest absolute Gasteiger partial charge is 0.497 e. The van der Waals surface area contributed by atoms with Crippen molar-refractivity contribution >= 4 is 17.0 Å². The van der Waals surface area contributed by atoms with E-state index in [1.54, 1.807) is 24.3 Å². The van der Waals surface area contributed by atoms with Crippen LogP contribution in [0.5, 0.6) is 5.75 Å². The van der Waals surface area contributed by atoms with Gasteiger partial charge in [0.05, 0.1) is 13.3 Å². The summed E-state index contributed by atoms with van der Waals surface area (Å²) in [5, 5.41) is 14.9. The van der Waals surface area contributed by atoms with Gasteiger partial charge in [0.2, 0.25) is 0 Å². The number of hydrogen-bond acceptors (Lipinski definition) is 4. The summed E-state index contributed by atoms with van der Waals surface area (Å²) in [4.78, 5) is 0. The number of benzene rings is 3. The topological polar surface area (TPSA) is 52.3 Å². The standard InChI is InChI=1S/C20H16N4O/c1-25-19-10-9-17-11-15(7-8-18(17)12-19)13-22-24-14-21-23-20(24)16-5-3-2-4-6-16/h2-14H,1H3/b22-13-. The molecule has 0 radical (unpaired) electrons. The van der Waals surface area contributed by atoms with Gasteiger partial charge < -0.3 is 4.74 Å². The van der Waals surface area contributed by atoms with Crippen LogP contribution >= 0.6 is 0 Å². The number of aromatic nitrogens is 3. The number of methoxy groups -OCH3 is 1. The van der Waals surface area contributed by atoms with Crippen LogP contribution < -0.4 is 4.74 Å². The predicted octanol–water partition coefficient (Wildman–Crippen LogP) is 3.99. The van der Waals surface area contributed by atoms with Gasteiger partial charge in [-0.3, -0.25) is 0 Å². The summed E-state index contributed by atoms with van der Waals surface area (Å²) in [6.07, 6.45) is 3.41. The van der Waals surface area contributed by atoms with Gasteiger partial charge in [0.15, 0.2) is 5.82 Å². The summed E-state index contributed by atoms with van der Waals surface area (Å²) in [6.45, 7) is 0. The Labute approximate surface area is 145 Å². The van der Waals surface area contributed by atoms with E-state index in [2.05, 4.69) is 27.4 Å². The second-order valence-electron chi connectivity index (χ2n) is 5.58. The molecule has 0 saturated heterocycles. The average Bonchev–Trinajstić information content (AvgIpc) is 3.15. The molecule has 3 aromatic carbocycles. The Morgan fingerprint density at radius 3 is 2.60 bits per heavy atom. The van der Waals surface area contributed by atoms with E-state index in [0.29, 0.717) is 5.82 Å². The number of hydrogen-bond donors (Lipinski definition) is 0. The van der Waals surface area contributed by atoms with Gasteiger partial charge in [-0.05, 0) is 34.5 Å². The highest BCUT2D eigenvalue weighted by atomic mass is 16.5. The quantitative estimate of drug-likeness (QED) is 0.532. The fourth-order valence-corrected chi connectivity index (χ4v) is 2.67. The predicted molar refractivity (Wildman–Crippen MR) is 99.0 cm³/mol. The maximum absolute atomic E-state index is 5.26. The van der Waals surface area contributed by atoms with Crippen molar-refractivity contribution in [1.82, 2.24) is 14.9 Å². The zero-order valence-electron chi connectivity index (χ0n) is 13.7. The SMILES string of the molecule is COc1ccc2cc(/C=N\n3cnnc3-c3ccccc3)ccc2c1. The molecule has 1 heterocycles. The van der Waals surface area contributed by atoms with Gasteiger partial charge in [-0.15, -0.1) is 10.2 Å². The van der Waals surface area contributed by atoms with E-state index in [9.17, 15) is 0 Å². The van der Waals surface area contributed by atoms with Crippen molar-refractivity contribution in [3.63, 3.8) is 0 Å². The zero-order valence-corrected chi connectivity index (χ0v) is 13.7. The maximum Gasteiger partial charge on any atom is 0.184 e. The van der Waals surface area contributed by atoms with Crippen LogP contribution in [0.1, 0.15) is 5.56 Å². The van der Waals surface area contributed by atoms with Crippen molar-refractivity contribution in [2.24, 2.45) is 5.10 Å². The molecule has 0 aliphatic rings. The van der Waals surface area contributed by atoms with Gasteiger partial charge >= 0.3 is 0 Å². The second kappa shape index (κ2) is 6.57. The molecule has 0 spiro atoms. The monoisotopic (exact) mass is 328 g/mol. The molecule has 25 heavy (non-hydrogen) atoms. The van der Waals surface area contributed by atoms with E-state index in [-0.39, 0.29) is 0 Å². The van der Waals surface area contributed by atoms with Crippen molar-refractivity contribution in [1.29, 1.82) is 0 Å². The molecule has 0 amide bonds. The van der Waals surface area contributed by atoms with Crippen LogP contribution in [0.25, 0.3) is 22.2 Å². The molecular formula is C20H16N4O. The molecule has 0 bridgehead atoms. The Kier molecular flexibility index (Phi) is 3.96. The van der Waals surface area contributed by atoms with E-state index in [4.69, 9.17) is 4.74 Å². The van der Waals surface area contributed by atoms with Crippen molar-refractivity contribution in [2.75, 3.05) is 7.11 Å². The van der Waals surface area contributed by atoms with Crippen molar-refractivity contribution < 1.29 is 4.74 Å². The van der Waals surface area contributed by atoms with E-state index < -0.39 is 0 Å². The highest BCUT2D eigenvalue weighted by Gasteiger charge is 2.05. The molecule has 0 atom stereocenters. The summed E-state index contributed by atoms with van der Waals surface area (Å²) in [5.41, 5.74) is 1.98. The maximum atomic E-state index is 5.26. The molecule has 1 aromatic heterocycles. The van der Waals surface area contributed by atoms with Gasteiger partial charge in [0.1, 0.15) is 12.1 Å². The molecular weight excluding hydrogens is 312 g/mol. The molecule has 5 nitrogen and oxygen atoms in total. The lowest BCUT2D eigenvalue weighted by atomic mass is 10.1. The zero-order chi connectivity index (χ0) is 17.1. The van der Waals surface area contributed by atoms with Crippen LogP contribution in [0, 0.1) is 0 Å². The first-order chi connectivity index (χ1) is 12.3. The highest BCUT2D eigenvalue weighted by molar-refractivity contribution is 5.91. The van der Waals surface area contributed by atoms with Gasteiger partial charge in [-0.25, -0.2) is 0 Å². The van der Waals surface area contributed by atoms with E-state index in [0.717, 1.165) is 27.6 Å². The van der Waals surface area contributed by atoms with Crippen LogP contribution in [0.4, 0.5) is 0 Å². The number of nitrogens with zero attached hydrogens (tertiary/aromatic N) is 4. The normalized spacial score (nSPS) is 11.2. The smallest absolute Gasteiger partial charge is 0.184 e. The lowest BCUT2D eigenvalue weighted by Gasteiger charge is -2.03. The van der Waals surface area contributed by atoms with E-state index in [1.165, 1.54) is 0 Å². The second-order valence-corrected chi connectivity index (χ2v) is 5.58. The summed E-state index contributed by atoms with van der Waals surface area (Å²) in [6, 6.07) is 22.1. The van der Waals surface area contributed by atoms with E-state index in [1.807, 2.05) is 54.6 Å². The lowest BCUT2D eigenvalue weighted by Crippen LogP contribution is -1.93. The molecule has 5 heteroatoms. The molecule has 0 unspecified atom stereocenters. The molecule has 0 aliphatic heterocycles. The average molecular weight is 328 g/mol. The molecule has 4 aromatic rings. The summed E-state index contributed by atoms with van der Waals surface area (Å²) in [7, 11) is 1.67. The van der Waals surface area contributed by atoms with Crippen LogP contribution in [-0.4, -0.2) is 28.2 Å². The van der Waals surface area contributed by atoms with Gasteiger partial charge in [0.25, 0.3) is 0 Å². The lowest BCUT2D eigenvalue weighted by molar-refractivity contribution is 0.415. The summed E-state index contributed by atoms with van der Waals surface area (Å²) in [5.74, 6) is 1.56. The minimum atomic E-state index is 0.711. The van der Waals surface area contributed by atoms with Crippen molar-refractivity contribution in [2.45, 2.75) is 0 Å². The van der Waals surface area contributed by atoms with Gasteiger partial charge in [-0.1, -0.05) is 48.5 Å². The highest BCUT2D eigenvalue weighted by Crippen LogP contribution is 2.21. The fraction of sp³-hybridized carbons (Fsp3) is 0.0500. The van der Waals surface area contributed by atoms with E-state index >= 15 is 0 Å². The third kappa shape index (κ3) is 3.12. The third-order valence-corrected chi connectivity index (χ3v) is 3.97. The van der Waals surface area contributed by atoms with Crippen LogP contribution in [0.2, 0.25) is 0 Å². The molecule has 0 aliphatic carbocycles. The minimum absolute atomic E-state index is 0.711. The molecule has 4 rings (SSSR count). The van der Waals surface area contributed by atoms with Crippen LogP contribution in [0.3, 0.4) is 0 Å². The molecule has 0 saturated carbocycles. The summed E-state index contributed by atoms with van der Waals surface area (Å²) >= 11 is 0. The first kappa shape index (κ1) is 15.1. The van der Waals surface area contributed by atoms with Crippen molar-refractivity contribution in [3.8, 4) is 17.1 Å². The Morgan fingerprint density at radius 1 is 0.960 bits per heavy atom. The minimum Gasteiger partial charge on any atom is -0.497 e. The number of fused-ring (bicyclic) bond motifs is 1. The Hall–Kier alpha value is -3.47. The number of rotatable bonds is 4. The Morgan fingerprint density at radius 2 is 1.76 bits per heavy atom. The Balaban J connectivity index is 1.64. The number of ether oxygens (including phenoxy) is 1. The van der Waals surface area contributed by atoms with Gasteiger partial charge in [0, 0.05) is 5.56 Å². The third-order valence-electron chi connectivity index (χ3n) is 3.97. The van der Waals surface area contributed by atoms with Crippen molar-refractivity contribution in [3.05, 3.63) is 78.6 Å². The van der Waals surface area contributed by atoms with Crippen LogP contribution in [0.15, 0.2) is 78.2 Å².